The molecular weight excluding hydrogens is 740 g/mol. The minimum Gasteiger partial charge on any atom is -0.459 e. The van der Waals surface area contributed by atoms with Crippen LogP contribution >= 0.6 is 11.6 Å². The van der Waals surface area contributed by atoms with Crippen LogP contribution in [0.5, 0.6) is 0 Å². The molecule has 0 bridgehead atoms. The van der Waals surface area contributed by atoms with E-state index in [1.165, 1.54) is 6.92 Å². The monoisotopic (exact) mass is 808 g/mol. The standard InChI is InChI=1S/C42H69ClN4O9/c1-12-34-42(8,52)37(49)28(6)47(11)23-24(2)22-41(7,51)38(26(4)35(48)27(5)39(50)55-34)56-40-36(33(46(9)10)20-25(3)54-40)53-19-13-17-44-31-16-18-45-32-21-29(43)14-15-30(31)32/h14-16,18,21,24-28,33-38,40,48-49,51-52H,12-13,17,19-20,22-23H2,1-11H3,(H,44,45)/t24-,25-,26?,27-,28-,33+,34-,35+,36-,37-,38-,40+,41-,42-/m1/s1. The molecule has 3 heterocycles. The van der Waals surface area contributed by atoms with Crippen molar-refractivity contribution < 1.29 is 44.2 Å². The summed E-state index contributed by atoms with van der Waals surface area (Å²) in [5.41, 5.74) is -1.51. The summed E-state index contributed by atoms with van der Waals surface area (Å²) in [5, 5.41) is 52.2. The molecule has 2 aliphatic heterocycles. The number of ether oxygens (including phenoxy) is 4. The van der Waals surface area contributed by atoms with E-state index in [1.54, 1.807) is 33.9 Å². The minimum atomic E-state index is -1.76. The molecular formula is C42H69ClN4O9. The molecule has 2 saturated heterocycles. The van der Waals surface area contributed by atoms with Crippen LogP contribution in [-0.4, -0.2) is 148 Å². The van der Waals surface area contributed by atoms with Gasteiger partial charge in [-0.2, -0.15) is 0 Å². The van der Waals surface area contributed by atoms with E-state index in [4.69, 9.17) is 30.5 Å². The topological polar surface area (TPSA) is 166 Å². The number of carbonyl (C=O) groups is 1. The maximum atomic E-state index is 13.6. The maximum Gasteiger partial charge on any atom is 0.311 e. The first kappa shape index (κ1) is 46.5. The van der Waals surface area contributed by atoms with E-state index in [0.717, 1.165) is 16.6 Å². The number of aromatic nitrogens is 1. The van der Waals surface area contributed by atoms with Crippen LogP contribution in [0.1, 0.15) is 81.1 Å². The van der Waals surface area contributed by atoms with Crippen LogP contribution in [-0.2, 0) is 23.7 Å². The molecule has 2 fully saturated rings. The Hall–Kier alpha value is -2.17. The first-order chi connectivity index (χ1) is 26.2. The molecule has 1 aromatic heterocycles. The van der Waals surface area contributed by atoms with Gasteiger partial charge in [-0.25, -0.2) is 0 Å². The number of cyclic esters (lactones) is 1. The molecule has 2 aliphatic rings. The highest BCUT2D eigenvalue weighted by Crippen LogP contribution is 2.37. The quantitative estimate of drug-likeness (QED) is 0.166. The number of nitrogens with zero attached hydrogens (tertiary/aromatic N) is 3. The summed E-state index contributed by atoms with van der Waals surface area (Å²) >= 11 is 6.18. The maximum absolute atomic E-state index is 13.6. The Morgan fingerprint density at radius 3 is 2.46 bits per heavy atom. The number of halogens is 1. The number of anilines is 1. The van der Waals surface area contributed by atoms with Crippen molar-refractivity contribution in [3.05, 3.63) is 35.5 Å². The summed E-state index contributed by atoms with van der Waals surface area (Å²) in [7, 11) is 5.85. The zero-order valence-corrected chi connectivity index (χ0v) is 36.1. The smallest absolute Gasteiger partial charge is 0.311 e. The van der Waals surface area contributed by atoms with E-state index in [-0.39, 0.29) is 30.9 Å². The van der Waals surface area contributed by atoms with Crippen molar-refractivity contribution >= 4 is 34.2 Å². The van der Waals surface area contributed by atoms with Crippen molar-refractivity contribution in [1.29, 1.82) is 0 Å². The summed E-state index contributed by atoms with van der Waals surface area (Å²) in [6, 6.07) is 6.98. The Bertz CT molecular complexity index is 1570. The van der Waals surface area contributed by atoms with Crippen molar-refractivity contribution in [2.75, 3.05) is 46.2 Å². The first-order valence-electron chi connectivity index (χ1n) is 20.3. The SMILES string of the molecule is CC[C@H]1OC(=O)[C@H](C)[C@@H](O)C(C)[C@@H](O[C@@H]2O[C@H](C)C[C@H](N(C)C)[C@H]2OCCCNc2ccnc3cc(Cl)ccc23)[C@](C)(O)C[C@@H](C)CN(C)[C@H](C)[C@@H](O)[C@]1(C)O. The molecule has 13 nitrogen and oxygen atoms in total. The van der Waals surface area contributed by atoms with Gasteiger partial charge in [0, 0.05) is 60.0 Å². The molecule has 1 unspecified atom stereocenters. The van der Waals surface area contributed by atoms with Gasteiger partial charge in [-0.05, 0) is 112 Å². The van der Waals surface area contributed by atoms with Crippen LogP contribution in [0.2, 0.25) is 5.02 Å². The summed E-state index contributed by atoms with van der Waals surface area (Å²) < 4.78 is 25.8. The number of fused-ring (bicyclic) bond motifs is 1. The Balaban J connectivity index is 1.59. The average molecular weight is 809 g/mol. The third-order valence-electron chi connectivity index (χ3n) is 12.1. The number of pyridine rings is 1. The van der Waals surface area contributed by atoms with E-state index >= 15 is 0 Å². The summed E-state index contributed by atoms with van der Waals surface area (Å²) in [6.45, 7) is 15.6. The fraction of sp³-hybridized carbons (Fsp3) is 0.762. The number of hydrogen-bond donors (Lipinski definition) is 5. The fourth-order valence-corrected chi connectivity index (χ4v) is 8.86. The lowest BCUT2D eigenvalue weighted by atomic mass is 9.78. The van der Waals surface area contributed by atoms with Gasteiger partial charge in [-0.15, -0.1) is 0 Å². The van der Waals surface area contributed by atoms with E-state index in [1.807, 2.05) is 71.1 Å². The van der Waals surface area contributed by atoms with Crippen LogP contribution in [0, 0.1) is 17.8 Å². The fourth-order valence-electron chi connectivity index (χ4n) is 8.69. The highest BCUT2D eigenvalue weighted by Gasteiger charge is 2.50. The van der Waals surface area contributed by atoms with Crippen molar-refractivity contribution in [2.24, 2.45) is 17.8 Å². The van der Waals surface area contributed by atoms with Gasteiger partial charge in [-0.3, -0.25) is 9.78 Å². The molecule has 2 aromatic rings. The van der Waals surface area contributed by atoms with E-state index in [9.17, 15) is 25.2 Å². The Morgan fingerprint density at radius 1 is 1.11 bits per heavy atom. The molecule has 5 N–H and O–H groups in total. The average Bonchev–Trinajstić information content (AvgIpc) is 3.13. The van der Waals surface area contributed by atoms with Crippen LogP contribution in [0.15, 0.2) is 30.5 Å². The van der Waals surface area contributed by atoms with Crippen molar-refractivity contribution in [1.82, 2.24) is 14.8 Å². The summed E-state index contributed by atoms with van der Waals surface area (Å²) in [5.74, 6) is -2.66. The zero-order chi connectivity index (χ0) is 41.7. The van der Waals surface area contributed by atoms with E-state index in [2.05, 4.69) is 15.2 Å². The second-order valence-electron chi connectivity index (χ2n) is 17.3. The minimum absolute atomic E-state index is 0.0776. The highest BCUT2D eigenvalue weighted by atomic mass is 35.5. The molecule has 14 heteroatoms. The first-order valence-corrected chi connectivity index (χ1v) is 20.7. The van der Waals surface area contributed by atoms with Crippen LogP contribution in [0.3, 0.4) is 0 Å². The number of rotatable bonds is 10. The number of likely N-dealkylation sites (N-methyl/N-ethyl adjacent to an activating group) is 2. The number of carbonyl (C=O) groups excluding carboxylic acids is 1. The predicted molar refractivity (Wildman–Crippen MR) is 219 cm³/mol. The lowest BCUT2D eigenvalue weighted by Crippen LogP contribution is -2.60. The molecule has 0 radical (unpaired) electrons. The molecule has 318 valence electrons. The van der Waals surface area contributed by atoms with Gasteiger partial charge in [0.25, 0.3) is 0 Å². The van der Waals surface area contributed by atoms with Crippen molar-refractivity contribution in [3.8, 4) is 0 Å². The molecule has 0 aliphatic carbocycles. The Morgan fingerprint density at radius 2 is 1.80 bits per heavy atom. The molecule has 14 atom stereocenters. The number of nitrogens with one attached hydrogen (secondary N) is 1. The molecule has 4 rings (SSSR count). The number of hydrogen-bond acceptors (Lipinski definition) is 13. The summed E-state index contributed by atoms with van der Waals surface area (Å²) in [6.07, 6.45) is -2.59. The van der Waals surface area contributed by atoms with E-state index in [0.29, 0.717) is 37.6 Å². The lowest BCUT2D eigenvalue weighted by molar-refractivity contribution is -0.306. The van der Waals surface area contributed by atoms with Crippen molar-refractivity contribution in [3.63, 3.8) is 0 Å². The third-order valence-corrected chi connectivity index (χ3v) is 12.3. The normalized spacial score (nSPS) is 38.6. The third kappa shape index (κ3) is 11.1. The van der Waals surface area contributed by atoms with Gasteiger partial charge in [0.1, 0.15) is 23.9 Å². The van der Waals surface area contributed by atoms with Gasteiger partial charge in [0.05, 0.1) is 35.3 Å². The highest BCUT2D eigenvalue weighted by molar-refractivity contribution is 6.31. The van der Waals surface area contributed by atoms with Gasteiger partial charge in [-0.1, -0.05) is 32.4 Å². The molecule has 0 amide bonds. The molecule has 0 spiro atoms. The lowest BCUT2D eigenvalue weighted by Gasteiger charge is -2.48. The van der Waals surface area contributed by atoms with Gasteiger partial charge < -0.3 is 54.5 Å². The van der Waals surface area contributed by atoms with Crippen LogP contribution < -0.4 is 5.32 Å². The Labute approximate surface area is 339 Å². The van der Waals surface area contributed by atoms with Gasteiger partial charge in [0.15, 0.2) is 6.29 Å². The Kier molecular flexibility index (Phi) is 16.4. The van der Waals surface area contributed by atoms with Gasteiger partial charge >= 0.3 is 5.97 Å². The zero-order valence-electron chi connectivity index (χ0n) is 35.3. The number of aliphatic hydroxyl groups excluding tert-OH is 2. The number of aliphatic hydroxyl groups is 4. The number of esters is 1. The van der Waals surface area contributed by atoms with Gasteiger partial charge in [0.2, 0.25) is 0 Å². The second-order valence-corrected chi connectivity index (χ2v) is 17.7. The van der Waals surface area contributed by atoms with Crippen molar-refractivity contribution in [2.45, 2.75) is 147 Å². The van der Waals surface area contributed by atoms with E-state index < -0.39 is 71.9 Å². The van der Waals surface area contributed by atoms with Crippen LogP contribution in [0.25, 0.3) is 10.9 Å². The summed E-state index contributed by atoms with van der Waals surface area (Å²) in [4.78, 5) is 22.1. The second kappa shape index (κ2) is 19.7. The molecule has 0 saturated carbocycles. The predicted octanol–water partition coefficient (Wildman–Crippen LogP) is 4.70. The largest absolute Gasteiger partial charge is 0.459 e. The molecule has 1 aromatic carbocycles. The van der Waals surface area contributed by atoms with Crippen LogP contribution in [0.4, 0.5) is 5.69 Å². The molecule has 56 heavy (non-hydrogen) atoms. The number of benzene rings is 1.